The molecule has 0 aliphatic carbocycles. The van der Waals surface area contributed by atoms with Crippen molar-refractivity contribution in [1.29, 1.82) is 0 Å². The lowest BCUT2D eigenvalue weighted by molar-refractivity contribution is -0.126. The zero-order chi connectivity index (χ0) is 16.5. The van der Waals surface area contributed by atoms with Gasteiger partial charge in [-0.25, -0.2) is 4.79 Å². The van der Waals surface area contributed by atoms with Gasteiger partial charge in [-0.3, -0.25) is 9.59 Å². The topological polar surface area (TPSA) is 74.7 Å². The van der Waals surface area contributed by atoms with Gasteiger partial charge in [0.25, 0.3) is 0 Å². The molecule has 0 bridgehead atoms. The summed E-state index contributed by atoms with van der Waals surface area (Å²) >= 11 is 0. The Morgan fingerprint density at radius 3 is 2.41 bits per heavy atom. The summed E-state index contributed by atoms with van der Waals surface area (Å²) in [6.07, 6.45) is 4.20. The maximum Gasteiger partial charge on any atom is 0.337 e. The molecule has 0 unspecified atom stereocenters. The van der Waals surface area contributed by atoms with Gasteiger partial charge in [0.2, 0.25) is 5.91 Å². The molecule has 0 radical (unpaired) electrons. The Bertz CT molecular complexity index is 539. The maximum absolute atomic E-state index is 12.1. The zero-order valence-corrected chi connectivity index (χ0v) is 13.2. The summed E-state index contributed by atoms with van der Waals surface area (Å²) in [5.41, 5.74) is 0.354. The number of carboxylic acid groups (broad SMARTS) is 1. The molecule has 1 aromatic carbocycles. The van der Waals surface area contributed by atoms with Crippen molar-refractivity contribution in [3.63, 3.8) is 0 Å². The number of rotatable bonds is 9. The van der Waals surface area contributed by atoms with Crippen LogP contribution in [0.4, 0.5) is 5.69 Å². The van der Waals surface area contributed by atoms with Crippen LogP contribution in [0.15, 0.2) is 24.3 Å². The minimum Gasteiger partial charge on any atom is -0.478 e. The van der Waals surface area contributed by atoms with Crippen LogP contribution in [0.25, 0.3) is 0 Å². The molecular weight excluding hydrogens is 282 g/mol. The quantitative estimate of drug-likeness (QED) is 0.561. The van der Waals surface area contributed by atoms with E-state index >= 15 is 0 Å². The van der Waals surface area contributed by atoms with E-state index in [9.17, 15) is 14.4 Å². The number of ketones is 1. The third-order valence-electron chi connectivity index (χ3n) is 3.53. The van der Waals surface area contributed by atoms with E-state index in [-0.39, 0.29) is 23.7 Å². The summed E-state index contributed by atoms with van der Waals surface area (Å²) in [5.74, 6) is -1.57. The van der Waals surface area contributed by atoms with Crippen molar-refractivity contribution in [3.8, 4) is 0 Å². The minimum absolute atomic E-state index is 0.0498. The van der Waals surface area contributed by atoms with E-state index < -0.39 is 5.97 Å². The number of hydrogen-bond acceptors (Lipinski definition) is 3. The van der Waals surface area contributed by atoms with Crippen LogP contribution >= 0.6 is 0 Å². The molecule has 0 spiro atoms. The summed E-state index contributed by atoms with van der Waals surface area (Å²) in [6.45, 7) is 2.10. The second kappa shape index (κ2) is 8.97. The molecule has 0 saturated heterocycles. The van der Waals surface area contributed by atoms with E-state index in [2.05, 4.69) is 6.92 Å². The molecule has 1 rings (SSSR count). The lowest BCUT2D eigenvalue weighted by atomic mass is 10.1. The standard InChI is InChI=1S/C17H23NO4/c1-3-4-5-6-9-13(19)12-16(20)18(2)15-11-8-7-10-14(15)17(21)22/h7-8,10-11H,3-6,9,12H2,1-2H3,(H,21,22). The van der Waals surface area contributed by atoms with E-state index in [0.29, 0.717) is 12.1 Å². The number of aromatic carboxylic acids is 1. The molecular formula is C17H23NO4. The van der Waals surface area contributed by atoms with Gasteiger partial charge in [0, 0.05) is 13.5 Å². The minimum atomic E-state index is -1.10. The fourth-order valence-electron chi connectivity index (χ4n) is 2.21. The molecule has 0 aromatic heterocycles. The van der Waals surface area contributed by atoms with Crippen molar-refractivity contribution in [2.45, 2.75) is 45.4 Å². The Morgan fingerprint density at radius 1 is 1.09 bits per heavy atom. The third-order valence-corrected chi connectivity index (χ3v) is 3.53. The number of Topliss-reactive ketones (excluding diaryl/α,β-unsaturated/α-hetero) is 1. The summed E-state index contributed by atoms with van der Waals surface area (Å²) in [5, 5.41) is 9.14. The molecule has 0 fully saturated rings. The lowest BCUT2D eigenvalue weighted by Gasteiger charge is -2.19. The van der Waals surface area contributed by atoms with E-state index in [4.69, 9.17) is 5.11 Å². The predicted octanol–water partition coefficient (Wildman–Crippen LogP) is 3.28. The summed E-state index contributed by atoms with van der Waals surface area (Å²) in [4.78, 5) is 36.3. The molecule has 1 amide bonds. The number of carbonyl (C=O) groups is 3. The molecule has 120 valence electrons. The van der Waals surface area contributed by atoms with Gasteiger partial charge < -0.3 is 10.0 Å². The van der Waals surface area contributed by atoms with E-state index in [1.165, 1.54) is 18.0 Å². The highest BCUT2D eigenvalue weighted by Crippen LogP contribution is 2.20. The molecule has 1 N–H and O–H groups in total. The Balaban J connectivity index is 2.62. The summed E-state index contributed by atoms with van der Waals surface area (Å²) < 4.78 is 0. The molecule has 5 nitrogen and oxygen atoms in total. The first-order valence-corrected chi connectivity index (χ1v) is 7.58. The van der Waals surface area contributed by atoms with Crippen LogP contribution in [-0.4, -0.2) is 29.8 Å². The van der Waals surface area contributed by atoms with Crippen molar-refractivity contribution in [1.82, 2.24) is 0 Å². The first kappa shape index (κ1) is 17.9. The van der Waals surface area contributed by atoms with Crippen LogP contribution in [0, 0.1) is 0 Å². The van der Waals surface area contributed by atoms with Gasteiger partial charge in [0.05, 0.1) is 17.7 Å². The normalized spacial score (nSPS) is 10.3. The molecule has 0 saturated carbocycles. The lowest BCUT2D eigenvalue weighted by Crippen LogP contribution is -2.29. The van der Waals surface area contributed by atoms with Crippen molar-refractivity contribution >= 4 is 23.3 Å². The molecule has 0 heterocycles. The third kappa shape index (κ3) is 5.31. The van der Waals surface area contributed by atoms with Gasteiger partial charge in [-0.1, -0.05) is 38.3 Å². The van der Waals surface area contributed by atoms with Crippen LogP contribution in [0.5, 0.6) is 0 Å². The SMILES string of the molecule is CCCCCCC(=O)CC(=O)N(C)c1ccccc1C(=O)O. The molecule has 0 atom stereocenters. The van der Waals surface area contributed by atoms with Gasteiger partial charge in [-0.2, -0.15) is 0 Å². The number of unbranched alkanes of at least 4 members (excludes halogenated alkanes) is 3. The number of hydrogen-bond donors (Lipinski definition) is 1. The Hall–Kier alpha value is -2.17. The highest BCUT2D eigenvalue weighted by molar-refractivity contribution is 6.08. The van der Waals surface area contributed by atoms with Crippen LogP contribution < -0.4 is 4.90 Å². The second-order valence-corrected chi connectivity index (χ2v) is 5.30. The second-order valence-electron chi connectivity index (χ2n) is 5.30. The molecule has 5 heteroatoms. The van der Waals surface area contributed by atoms with Crippen LogP contribution in [0.2, 0.25) is 0 Å². The number of carboxylic acids is 1. The zero-order valence-electron chi connectivity index (χ0n) is 13.2. The average Bonchev–Trinajstić information content (AvgIpc) is 2.50. The first-order chi connectivity index (χ1) is 10.5. The van der Waals surface area contributed by atoms with Gasteiger partial charge in [0.1, 0.15) is 5.78 Å². The van der Waals surface area contributed by atoms with Crippen molar-refractivity contribution in [2.75, 3.05) is 11.9 Å². The summed E-state index contributed by atoms with van der Waals surface area (Å²) in [6, 6.07) is 6.27. The first-order valence-electron chi connectivity index (χ1n) is 7.58. The number of amides is 1. The largest absolute Gasteiger partial charge is 0.478 e. The van der Waals surface area contributed by atoms with Crippen LogP contribution in [0.3, 0.4) is 0 Å². The van der Waals surface area contributed by atoms with Crippen LogP contribution in [-0.2, 0) is 9.59 Å². The highest BCUT2D eigenvalue weighted by atomic mass is 16.4. The van der Waals surface area contributed by atoms with E-state index in [1.807, 2.05) is 0 Å². The van der Waals surface area contributed by atoms with Gasteiger partial charge in [-0.05, 0) is 18.6 Å². The maximum atomic E-state index is 12.1. The Labute approximate surface area is 130 Å². The van der Waals surface area contributed by atoms with E-state index in [1.54, 1.807) is 18.2 Å². The van der Waals surface area contributed by atoms with E-state index in [0.717, 1.165) is 25.7 Å². The van der Waals surface area contributed by atoms with Crippen LogP contribution in [0.1, 0.15) is 55.8 Å². The smallest absolute Gasteiger partial charge is 0.337 e. The number of carbonyl (C=O) groups excluding carboxylic acids is 2. The highest BCUT2D eigenvalue weighted by Gasteiger charge is 2.19. The van der Waals surface area contributed by atoms with Gasteiger partial charge in [-0.15, -0.1) is 0 Å². The summed E-state index contributed by atoms with van der Waals surface area (Å²) in [7, 11) is 1.49. The molecule has 0 aliphatic rings. The van der Waals surface area contributed by atoms with Crippen molar-refractivity contribution < 1.29 is 19.5 Å². The molecule has 0 aliphatic heterocycles. The molecule has 22 heavy (non-hydrogen) atoms. The Kier molecular flexibility index (Phi) is 7.29. The number of benzene rings is 1. The predicted molar refractivity (Wildman–Crippen MR) is 85.2 cm³/mol. The fourth-order valence-corrected chi connectivity index (χ4v) is 2.21. The average molecular weight is 305 g/mol. The van der Waals surface area contributed by atoms with Crippen molar-refractivity contribution in [3.05, 3.63) is 29.8 Å². The monoisotopic (exact) mass is 305 g/mol. The Morgan fingerprint density at radius 2 is 1.77 bits per heavy atom. The number of nitrogens with zero attached hydrogens (tertiary/aromatic N) is 1. The molecule has 1 aromatic rings. The van der Waals surface area contributed by atoms with Crippen molar-refractivity contribution in [2.24, 2.45) is 0 Å². The van der Waals surface area contributed by atoms with Gasteiger partial charge in [0.15, 0.2) is 0 Å². The fraction of sp³-hybridized carbons (Fsp3) is 0.471. The number of anilines is 1. The number of para-hydroxylation sites is 1. The van der Waals surface area contributed by atoms with Gasteiger partial charge >= 0.3 is 5.97 Å².